The van der Waals surface area contributed by atoms with E-state index in [-0.39, 0.29) is 78.1 Å². The summed E-state index contributed by atoms with van der Waals surface area (Å²) in [4.78, 5) is 35.3. The van der Waals surface area contributed by atoms with Crippen molar-refractivity contribution in [2.24, 2.45) is 5.73 Å². The number of carbonyl (C=O) groups is 2. The predicted molar refractivity (Wildman–Crippen MR) is 168 cm³/mol. The van der Waals surface area contributed by atoms with Crippen LogP contribution in [-0.4, -0.2) is 63.4 Å². The number of ether oxygens (including phenoxy) is 1. The zero-order valence-electron chi connectivity index (χ0n) is 24.4. The lowest BCUT2D eigenvalue weighted by Gasteiger charge is -2.29. The van der Waals surface area contributed by atoms with Crippen LogP contribution in [0.15, 0.2) is 18.2 Å². The molecule has 7 N–H and O–H groups in total. The molecule has 1 aromatic carbocycles. The van der Waals surface area contributed by atoms with Gasteiger partial charge in [-0.25, -0.2) is 19.1 Å². The highest BCUT2D eigenvalue weighted by atomic mass is 35.5. The Labute approximate surface area is 275 Å². The summed E-state index contributed by atoms with van der Waals surface area (Å²) in [5.41, 5.74) is 19.3. The summed E-state index contributed by atoms with van der Waals surface area (Å²) < 4.78 is 10.3. The number of aromatic nitrogens is 4. The zero-order chi connectivity index (χ0) is 28.8. The first-order valence-corrected chi connectivity index (χ1v) is 14.1. The molecule has 12 nitrogen and oxygen atoms in total. The SMILES string of the molecule is CCn1c(CNC(=O)c2nc(Cl)c(N)nc2N)[n+](CC)c2ccc(OCCCC(=O)CN3CCC(N)CC3)cc21.Cl.Cl.[Cl-]. The number of Topliss-reactive ketones (excluding diaryl/α,β-unsaturated/α-hetero) is 1. The van der Waals surface area contributed by atoms with Crippen molar-refractivity contribution in [1.29, 1.82) is 0 Å². The number of nitrogens with two attached hydrogens (primary N) is 3. The largest absolute Gasteiger partial charge is 1.00 e. The van der Waals surface area contributed by atoms with Crippen molar-refractivity contribution in [2.75, 3.05) is 37.7 Å². The Hall–Kier alpha value is -2.61. The monoisotopic (exact) mass is 679 g/mol. The number of rotatable bonds is 12. The van der Waals surface area contributed by atoms with E-state index in [9.17, 15) is 9.59 Å². The van der Waals surface area contributed by atoms with Gasteiger partial charge < -0.3 is 39.7 Å². The van der Waals surface area contributed by atoms with E-state index in [0.29, 0.717) is 39.1 Å². The number of carbonyl (C=O) groups excluding carboxylic acids is 2. The molecule has 0 saturated carbocycles. The van der Waals surface area contributed by atoms with Crippen LogP contribution in [0.25, 0.3) is 11.0 Å². The number of nitrogen functional groups attached to an aromatic ring is 2. The van der Waals surface area contributed by atoms with Gasteiger partial charge in [0.1, 0.15) is 18.1 Å². The second-order valence-corrected chi connectivity index (χ2v) is 10.3. The molecule has 1 aliphatic heterocycles. The molecule has 2 aromatic heterocycles. The fraction of sp³-hybridized carbons (Fsp3) is 0.519. The molecule has 3 aromatic rings. The number of benzene rings is 1. The zero-order valence-corrected chi connectivity index (χ0v) is 27.5. The van der Waals surface area contributed by atoms with Crippen molar-refractivity contribution in [3.05, 3.63) is 34.9 Å². The minimum absolute atomic E-state index is 0. The number of hydrogen-bond donors (Lipinski definition) is 4. The summed E-state index contributed by atoms with van der Waals surface area (Å²) in [6.07, 6.45) is 3.05. The summed E-state index contributed by atoms with van der Waals surface area (Å²) >= 11 is 5.94. The van der Waals surface area contributed by atoms with E-state index in [1.54, 1.807) is 0 Å². The lowest BCUT2D eigenvalue weighted by molar-refractivity contribution is -0.676. The van der Waals surface area contributed by atoms with Gasteiger partial charge in [-0.2, -0.15) is 0 Å². The summed E-state index contributed by atoms with van der Waals surface area (Å²) in [7, 11) is 0. The number of piperidine rings is 1. The molecule has 240 valence electrons. The molecule has 4 rings (SSSR count). The number of likely N-dealkylation sites (tertiary alicyclic amines) is 1. The topological polar surface area (TPSA) is 171 Å². The third-order valence-electron chi connectivity index (χ3n) is 7.21. The molecule has 0 radical (unpaired) electrons. The van der Waals surface area contributed by atoms with E-state index in [0.717, 1.165) is 48.5 Å². The van der Waals surface area contributed by atoms with Gasteiger partial charge in [0.25, 0.3) is 11.7 Å². The lowest BCUT2D eigenvalue weighted by Crippen LogP contribution is -3.00. The van der Waals surface area contributed by atoms with Crippen LogP contribution in [0.4, 0.5) is 11.6 Å². The molecular weight excluding hydrogens is 640 g/mol. The van der Waals surface area contributed by atoms with Gasteiger partial charge in [0.15, 0.2) is 33.5 Å². The molecule has 1 fully saturated rings. The Morgan fingerprint density at radius 2 is 1.84 bits per heavy atom. The number of hydrogen-bond acceptors (Lipinski definition) is 9. The number of halogens is 4. The molecule has 3 heterocycles. The molecule has 1 aliphatic rings. The molecule has 1 saturated heterocycles. The van der Waals surface area contributed by atoms with Gasteiger partial charge >= 0.3 is 0 Å². The van der Waals surface area contributed by atoms with Gasteiger partial charge in [0.05, 0.1) is 26.2 Å². The quantitative estimate of drug-likeness (QED) is 0.146. The maximum absolute atomic E-state index is 12.8. The Kier molecular flexibility index (Phi) is 15.7. The minimum Gasteiger partial charge on any atom is -1.00 e. The van der Waals surface area contributed by atoms with E-state index in [1.807, 2.05) is 32.0 Å². The summed E-state index contributed by atoms with van der Waals surface area (Å²) in [6, 6.07) is 6.21. The highest BCUT2D eigenvalue weighted by Gasteiger charge is 2.25. The van der Waals surface area contributed by atoms with Crippen LogP contribution in [0.2, 0.25) is 5.15 Å². The molecular formula is C27H41Cl4N9O3. The van der Waals surface area contributed by atoms with Gasteiger partial charge in [-0.15, -0.1) is 24.8 Å². The number of fused-ring (bicyclic) bond motifs is 1. The number of imidazole rings is 1. The standard InChI is InChI=1S/C27H38ClN9O3.3ClH/c1-3-36-20-8-7-19(40-13-5-6-18(38)16-35-11-9-17(29)10-12-35)14-21(20)37(4-2)22(36)15-32-27(39)23-25(30)34-26(31)24(28)33-23;;;/h7-8,14,17H,3-6,9-13,15-16,29H2,1-2H3,(H4-,30,31,32,34,39);3*1H. The van der Waals surface area contributed by atoms with Crippen LogP contribution in [0.1, 0.15) is 55.8 Å². The Morgan fingerprint density at radius 3 is 2.49 bits per heavy atom. The molecule has 0 aliphatic carbocycles. The number of ketones is 1. The summed E-state index contributed by atoms with van der Waals surface area (Å²) in [6.45, 7) is 8.45. The fourth-order valence-electron chi connectivity index (χ4n) is 5.11. The summed E-state index contributed by atoms with van der Waals surface area (Å²) in [5.74, 6) is 1.26. The van der Waals surface area contributed by atoms with Crippen LogP contribution >= 0.6 is 36.4 Å². The third kappa shape index (κ3) is 9.44. The van der Waals surface area contributed by atoms with Crippen molar-refractivity contribution in [3.63, 3.8) is 0 Å². The van der Waals surface area contributed by atoms with Crippen molar-refractivity contribution in [2.45, 2.75) is 65.2 Å². The number of nitrogens with zero attached hydrogens (tertiary/aromatic N) is 5. The van der Waals surface area contributed by atoms with E-state index in [1.165, 1.54) is 0 Å². The molecule has 0 bridgehead atoms. The third-order valence-corrected chi connectivity index (χ3v) is 7.49. The van der Waals surface area contributed by atoms with E-state index < -0.39 is 5.91 Å². The molecule has 1 amide bonds. The maximum atomic E-state index is 12.8. The Morgan fingerprint density at radius 1 is 1.14 bits per heavy atom. The smallest absolute Gasteiger partial charge is 0.277 e. The minimum atomic E-state index is -0.495. The van der Waals surface area contributed by atoms with Crippen molar-refractivity contribution in [1.82, 2.24) is 24.8 Å². The average molecular weight is 681 g/mol. The second kappa shape index (κ2) is 17.6. The maximum Gasteiger partial charge on any atom is 0.277 e. The van der Waals surface area contributed by atoms with Crippen LogP contribution in [0.5, 0.6) is 5.75 Å². The van der Waals surface area contributed by atoms with Gasteiger partial charge in [0.2, 0.25) is 0 Å². The van der Waals surface area contributed by atoms with Crippen molar-refractivity contribution >= 4 is 70.8 Å². The molecule has 0 atom stereocenters. The molecule has 0 unspecified atom stereocenters. The molecule has 43 heavy (non-hydrogen) atoms. The lowest BCUT2D eigenvalue weighted by atomic mass is 10.1. The molecule has 0 spiro atoms. The van der Waals surface area contributed by atoms with Gasteiger partial charge in [-0.3, -0.25) is 14.5 Å². The summed E-state index contributed by atoms with van der Waals surface area (Å²) in [5, 5.41) is 2.80. The fourth-order valence-corrected chi connectivity index (χ4v) is 5.24. The Bertz CT molecular complexity index is 1380. The van der Waals surface area contributed by atoms with Gasteiger partial charge in [0, 0.05) is 31.6 Å². The number of anilines is 2. The highest BCUT2D eigenvalue weighted by Crippen LogP contribution is 2.22. The van der Waals surface area contributed by atoms with Crippen LogP contribution in [-0.2, 0) is 24.4 Å². The highest BCUT2D eigenvalue weighted by molar-refractivity contribution is 6.31. The predicted octanol–water partition coefficient (Wildman–Crippen LogP) is -0.495. The first-order valence-electron chi connectivity index (χ1n) is 13.8. The normalized spacial score (nSPS) is 13.5. The van der Waals surface area contributed by atoms with Crippen LogP contribution < -0.4 is 44.2 Å². The van der Waals surface area contributed by atoms with E-state index in [2.05, 4.69) is 29.3 Å². The van der Waals surface area contributed by atoms with Crippen LogP contribution in [0.3, 0.4) is 0 Å². The van der Waals surface area contributed by atoms with Gasteiger partial charge in [-0.05, 0) is 45.2 Å². The second-order valence-electron chi connectivity index (χ2n) is 9.98. The van der Waals surface area contributed by atoms with Crippen molar-refractivity contribution in [3.8, 4) is 5.75 Å². The number of aryl methyl sites for hydroxylation is 2. The Balaban J connectivity index is 0.00000308. The van der Waals surface area contributed by atoms with Gasteiger partial charge in [-0.1, -0.05) is 11.6 Å². The number of amides is 1. The average Bonchev–Trinajstić information content (AvgIpc) is 3.24. The number of nitrogens with one attached hydrogen (secondary N) is 1. The first-order chi connectivity index (χ1) is 19.2. The van der Waals surface area contributed by atoms with Crippen molar-refractivity contribution < 1.29 is 31.3 Å². The van der Waals surface area contributed by atoms with E-state index in [4.69, 9.17) is 33.5 Å². The molecule has 16 heteroatoms. The van der Waals surface area contributed by atoms with E-state index >= 15 is 0 Å². The van der Waals surface area contributed by atoms with Crippen LogP contribution in [0, 0.1) is 0 Å². The first kappa shape index (κ1) is 38.4.